The number of fused-ring (bicyclic) bond motifs is 1. The number of carbonyl (C=O) groups excluding carboxylic acids is 1. The van der Waals surface area contributed by atoms with Gasteiger partial charge < -0.3 is 19.4 Å². The molecule has 0 saturated heterocycles. The van der Waals surface area contributed by atoms with Crippen molar-refractivity contribution in [2.24, 2.45) is 0 Å². The van der Waals surface area contributed by atoms with Gasteiger partial charge in [-0.1, -0.05) is 30.3 Å². The summed E-state index contributed by atoms with van der Waals surface area (Å²) in [5, 5.41) is 7.24. The first kappa shape index (κ1) is 20.2. The van der Waals surface area contributed by atoms with Crippen molar-refractivity contribution in [3.63, 3.8) is 0 Å². The summed E-state index contributed by atoms with van der Waals surface area (Å²) in [5.41, 5.74) is 1.82. The van der Waals surface area contributed by atoms with Crippen molar-refractivity contribution in [3.05, 3.63) is 83.4 Å². The molecular formula is C23H22N4O4. The molecule has 1 N–H and O–H groups in total. The summed E-state index contributed by atoms with van der Waals surface area (Å²) in [5.74, 6) is 1.11. The molecule has 31 heavy (non-hydrogen) atoms. The summed E-state index contributed by atoms with van der Waals surface area (Å²) in [7, 11) is 1.61. The second kappa shape index (κ2) is 9.17. The summed E-state index contributed by atoms with van der Waals surface area (Å²) in [6.07, 6.45) is 3.38. The van der Waals surface area contributed by atoms with E-state index in [9.17, 15) is 9.59 Å². The van der Waals surface area contributed by atoms with Gasteiger partial charge in [-0.15, -0.1) is 0 Å². The summed E-state index contributed by atoms with van der Waals surface area (Å²) in [6, 6.07) is 18.4. The maximum atomic E-state index is 12.8. The predicted molar refractivity (Wildman–Crippen MR) is 116 cm³/mol. The summed E-state index contributed by atoms with van der Waals surface area (Å²) in [6.45, 7) is 0.570. The Bertz CT molecular complexity index is 1250. The minimum absolute atomic E-state index is 0.0789. The minimum Gasteiger partial charge on any atom is -0.497 e. The summed E-state index contributed by atoms with van der Waals surface area (Å²) < 4.78 is 13.8. The SMILES string of the molecule is COc1cccc(-c2cc3c(=O)n(CCNC(=O)COc4ccccc4)ccn3n2)c1. The molecule has 8 nitrogen and oxygen atoms in total. The highest BCUT2D eigenvalue weighted by Crippen LogP contribution is 2.23. The molecule has 0 fully saturated rings. The van der Waals surface area contributed by atoms with E-state index in [0.29, 0.717) is 30.0 Å². The highest BCUT2D eigenvalue weighted by molar-refractivity contribution is 5.77. The van der Waals surface area contributed by atoms with Crippen molar-refractivity contribution in [1.82, 2.24) is 19.5 Å². The molecule has 0 spiro atoms. The Kier molecular flexibility index (Phi) is 5.98. The molecule has 158 valence electrons. The van der Waals surface area contributed by atoms with E-state index in [1.807, 2.05) is 42.5 Å². The van der Waals surface area contributed by atoms with E-state index in [0.717, 1.165) is 11.3 Å². The van der Waals surface area contributed by atoms with E-state index in [-0.39, 0.29) is 18.1 Å². The van der Waals surface area contributed by atoms with Crippen LogP contribution in [0.25, 0.3) is 16.8 Å². The molecule has 2 aromatic heterocycles. The molecule has 2 aromatic carbocycles. The number of hydrogen-bond acceptors (Lipinski definition) is 5. The van der Waals surface area contributed by atoms with E-state index < -0.39 is 0 Å². The fourth-order valence-corrected chi connectivity index (χ4v) is 3.16. The largest absolute Gasteiger partial charge is 0.497 e. The summed E-state index contributed by atoms with van der Waals surface area (Å²) in [4.78, 5) is 24.8. The van der Waals surface area contributed by atoms with Crippen molar-refractivity contribution in [3.8, 4) is 22.8 Å². The molecule has 2 heterocycles. The number of methoxy groups -OCH3 is 1. The lowest BCUT2D eigenvalue weighted by Gasteiger charge is -2.09. The zero-order valence-electron chi connectivity index (χ0n) is 17.0. The van der Waals surface area contributed by atoms with E-state index in [4.69, 9.17) is 9.47 Å². The van der Waals surface area contributed by atoms with Crippen LogP contribution in [0.5, 0.6) is 11.5 Å². The molecule has 0 bridgehead atoms. The number of nitrogens with one attached hydrogen (secondary N) is 1. The summed E-state index contributed by atoms with van der Waals surface area (Å²) >= 11 is 0. The van der Waals surface area contributed by atoms with E-state index >= 15 is 0 Å². The first-order chi connectivity index (χ1) is 15.1. The lowest BCUT2D eigenvalue weighted by Crippen LogP contribution is -2.33. The van der Waals surface area contributed by atoms with Gasteiger partial charge in [0.15, 0.2) is 6.61 Å². The minimum atomic E-state index is -0.248. The van der Waals surface area contributed by atoms with Crippen molar-refractivity contribution >= 4 is 11.4 Å². The zero-order chi connectivity index (χ0) is 21.6. The van der Waals surface area contributed by atoms with Crippen LogP contribution in [0.1, 0.15) is 0 Å². The van der Waals surface area contributed by atoms with Crippen LogP contribution in [0.3, 0.4) is 0 Å². The first-order valence-corrected chi connectivity index (χ1v) is 9.82. The van der Waals surface area contributed by atoms with Crippen LogP contribution < -0.4 is 20.3 Å². The molecular weight excluding hydrogens is 396 g/mol. The standard InChI is InChI=1S/C23H22N4O4/c1-30-19-9-5-6-17(14-19)20-15-21-23(29)26(12-13-27(21)25-20)11-10-24-22(28)16-31-18-7-3-2-4-8-18/h2-9,12-15H,10-11,16H2,1H3,(H,24,28). The molecule has 1 amide bonds. The number of nitrogens with zero attached hydrogens (tertiary/aromatic N) is 3. The Morgan fingerprint density at radius 2 is 1.84 bits per heavy atom. The van der Waals surface area contributed by atoms with Crippen molar-refractivity contribution in [1.29, 1.82) is 0 Å². The van der Waals surface area contributed by atoms with Gasteiger partial charge in [0.25, 0.3) is 11.5 Å². The van der Waals surface area contributed by atoms with Crippen LogP contribution in [0, 0.1) is 0 Å². The third-order valence-electron chi connectivity index (χ3n) is 4.76. The van der Waals surface area contributed by atoms with Crippen molar-refractivity contribution < 1.29 is 14.3 Å². The molecule has 8 heteroatoms. The Morgan fingerprint density at radius 1 is 1.03 bits per heavy atom. The van der Waals surface area contributed by atoms with E-state index in [2.05, 4.69) is 10.4 Å². The number of para-hydroxylation sites is 1. The predicted octanol–water partition coefficient (Wildman–Crippen LogP) is 2.37. The number of amides is 1. The average molecular weight is 418 g/mol. The lowest BCUT2D eigenvalue weighted by molar-refractivity contribution is -0.123. The third kappa shape index (κ3) is 4.75. The number of hydrogen-bond donors (Lipinski definition) is 1. The number of rotatable bonds is 8. The quantitative estimate of drug-likeness (QED) is 0.475. The van der Waals surface area contributed by atoms with Gasteiger partial charge in [0.1, 0.15) is 17.0 Å². The van der Waals surface area contributed by atoms with Gasteiger partial charge in [-0.25, -0.2) is 4.52 Å². The van der Waals surface area contributed by atoms with Crippen LogP contribution >= 0.6 is 0 Å². The second-order valence-electron chi connectivity index (χ2n) is 6.84. The number of benzene rings is 2. The molecule has 0 unspecified atom stereocenters. The number of aromatic nitrogens is 3. The van der Waals surface area contributed by atoms with Gasteiger partial charge in [-0.2, -0.15) is 5.10 Å². The number of ether oxygens (including phenoxy) is 2. The van der Waals surface area contributed by atoms with Crippen LogP contribution in [-0.2, 0) is 11.3 Å². The molecule has 0 aliphatic carbocycles. The normalized spacial score (nSPS) is 10.7. The molecule has 0 saturated carbocycles. The Hall–Kier alpha value is -4.07. The maximum absolute atomic E-state index is 12.8. The Morgan fingerprint density at radius 3 is 2.65 bits per heavy atom. The fraction of sp³-hybridized carbons (Fsp3) is 0.174. The highest BCUT2D eigenvalue weighted by atomic mass is 16.5. The van der Waals surface area contributed by atoms with Crippen molar-refractivity contribution in [2.75, 3.05) is 20.3 Å². The molecule has 0 atom stereocenters. The van der Waals surface area contributed by atoms with Gasteiger partial charge >= 0.3 is 0 Å². The lowest BCUT2D eigenvalue weighted by atomic mass is 10.1. The number of carbonyl (C=O) groups is 1. The Labute approximate surface area is 178 Å². The van der Waals surface area contributed by atoms with Crippen LogP contribution in [-0.4, -0.2) is 40.3 Å². The smallest absolute Gasteiger partial charge is 0.276 e. The van der Waals surface area contributed by atoms with Crippen LogP contribution in [0.15, 0.2) is 77.9 Å². The average Bonchev–Trinajstić information content (AvgIpc) is 3.25. The fourth-order valence-electron chi connectivity index (χ4n) is 3.16. The monoisotopic (exact) mass is 418 g/mol. The molecule has 4 aromatic rings. The van der Waals surface area contributed by atoms with Gasteiger partial charge in [-0.05, 0) is 30.3 Å². The van der Waals surface area contributed by atoms with Crippen molar-refractivity contribution in [2.45, 2.75) is 6.54 Å². The van der Waals surface area contributed by atoms with Crippen LogP contribution in [0.4, 0.5) is 0 Å². The Balaban J connectivity index is 1.40. The van der Waals surface area contributed by atoms with Gasteiger partial charge in [0.2, 0.25) is 0 Å². The molecule has 0 radical (unpaired) electrons. The maximum Gasteiger partial charge on any atom is 0.276 e. The zero-order valence-corrected chi connectivity index (χ0v) is 17.0. The first-order valence-electron chi connectivity index (χ1n) is 9.82. The van der Waals surface area contributed by atoms with Gasteiger partial charge in [-0.3, -0.25) is 9.59 Å². The third-order valence-corrected chi connectivity index (χ3v) is 4.76. The van der Waals surface area contributed by atoms with Gasteiger partial charge in [0.05, 0.1) is 12.8 Å². The highest BCUT2D eigenvalue weighted by Gasteiger charge is 2.10. The second-order valence-corrected chi connectivity index (χ2v) is 6.84. The molecule has 4 rings (SSSR count). The topological polar surface area (TPSA) is 86.9 Å². The van der Waals surface area contributed by atoms with E-state index in [1.54, 1.807) is 46.8 Å². The molecule has 0 aliphatic rings. The van der Waals surface area contributed by atoms with E-state index in [1.165, 1.54) is 0 Å². The molecule has 0 aliphatic heterocycles. The van der Waals surface area contributed by atoms with Crippen LogP contribution in [0.2, 0.25) is 0 Å². The van der Waals surface area contributed by atoms with Gasteiger partial charge in [0, 0.05) is 31.0 Å².